The van der Waals surface area contributed by atoms with Gasteiger partial charge in [0.2, 0.25) is 0 Å². The molecule has 0 spiro atoms. The molecule has 0 aliphatic heterocycles. The van der Waals surface area contributed by atoms with Crippen molar-refractivity contribution in [1.29, 1.82) is 0 Å². The largest absolute Gasteiger partial charge is 0.461 e. The third kappa shape index (κ3) is 2.64. The number of fused-ring (bicyclic) bond motifs is 5. The van der Waals surface area contributed by atoms with Crippen molar-refractivity contribution in [3.05, 3.63) is 23.3 Å². The van der Waals surface area contributed by atoms with Crippen LogP contribution in [0.3, 0.4) is 0 Å². The van der Waals surface area contributed by atoms with Gasteiger partial charge in [0.25, 0.3) is 0 Å². The van der Waals surface area contributed by atoms with Crippen LogP contribution in [0.1, 0.15) is 54.9 Å². The van der Waals surface area contributed by atoms with Gasteiger partial charge in [-0.2, -0.15) is 0 Å². The predicted molar refractivity (Wildman–Crippen MR) is 115 cm³/mol. The number of hydrogen-bond acceptors (Lipinski definition) is 7. The first-order valence-corrected chi connectivity index (χ1v) is 11.3. The molecule has 2 saturated carbocycles. The van der Waals surface area contributed by atoms with E-state index in [1.54, 1.807) is 6.92 Å². The quantitative estimate of drug-likeness (QED) is 0.506. The third-order valence-corrected chi connectivity index (χ3v) is 9.17. The number of carbonyl (C=O) groups is 3. The summed E-state index contributed by atoms with van der Waals surface area (Å²) in [6, 6.07) is 0. The molecule has 32 heavy (non-hydrogen) atoms. The SMILES string of the molecule is CC(=O)OCC1=C[C@H]2[C@@H]3C(C)(C)[C@]3(OC(C)=O)[C@H](O)[C@@H](C)[C@]2(C)[C@@H]2C=C(C)C(=O)[C@@]2(O)C1. The van der Waals surface area contributed by atoms with Crippen molar-refractivity contribution >= 4 is 17.7 Å². The van der Waals surface area contributed by atoms with E-state index in [0.29, 0.717) is 11.1 Å². The molecule has 7 nitrogen and oxygen atoms in total. The Morgan fingerprint density at radius 3 is 2.34 bits per heavy atom. The van der Waals surface area contributed by atoms with Gasteiger partial charge in [0.05, 0.1) is 6.10 Å². The molecular formula is C25H34O7. The molecule has 2 N–H and O–H groups in total. The maximum Gasteiger partial charge on any atom is 0.303 e. The lowest BCUT2D eigenvalue weighted by Crippen LogP contribution is -2.60. The van der Waals surface area contributed by atoms with Crippen LogP contribution in [-0.2, 0) is 23.9 Å². The minimum Gasteiger partial charge on any atom is -0.461 e. The summed E-state index contributed by atoms with van der Waals surface area (Å²) in [6.07, 6.45) is 2.95. The monoisotopic (exact) mass is 446 g/mol. The number of rotatable bonds is 3. The minimum absolute atomic E-state index is 0.0199. The van der Waals surface area contributed by atoms with E-state index in [-0.39, 0.29) is 36.6 Å². The Labute approximate surface area is 188 Å². The van der Waals surface area contributed by atoms with Crippen LogP contribution in [0.2, 0.25) is 0 Å². The molecule has 4 aliphatic carbocycles. The summed E-state index contributed by atoms with van der Waals surface area (Å²) < 4.78 is 11.1. The van der Waals surface area contributed by atoms with E-state index in [1.165, 1.54) is 13.8 Å². The maximum absolute atomic E-state index is 13.1. The number of carbonyl (C=O) groups excluding carboxylic acids is 3. The Morgan fingerprint density at radius 1 is 1.16 bits per heavy atom. The van der Waals surface area contributed by atoms with E-state index in [2.05, 4.69) is 0 Å². The van der Waals surface area contributed by atoms with Crippen molar-refractivity contribution in [3.63, 3.8) is 0 Å². The third-order valence-electron chi connectivity index (χ3n) is 9.17. The Hall–Kier alpha value is -1.99. The molecule has 0 radical (unpaired) electrons. The van der Waals surface area contributed by atoms with Gasteiger partial charge in [0.1, 0.15) is 17.8 Å². The van der Waals surface area contributed by atoms with Crippen LogP contribution >= 0.6 is 0 Å². The molecular weight excluding hydrogens is 412 g/mol. The highest BCUT2D eigenvalue weighted by molar-refractivity contribution is 6.04. The highest BCUT2D eigenvalue weighted by Gasteiger charge is 2.85. The molecule has 0 saturated heterocycles. The second-order valence-corrected chi connectivity index (χ2v) is 11.1. The highest BCUT2D eigenvalue weighted by Crippen LogP contribution is 2.78. The fourth-order valence-corrected chi connectivity index (χ4v) is 7.49. The standard InChI is InChI=1S/C25H34O7/c1-12-8-18-23(7)13(2)21(29)25(32-15(4)27)19(22(25,5)6)17(23)9-16(11-31-14(3)26)10-24(18,30)20(12)28/h8-9,13,17-19,21,29-30H,10-11H2,1-7H3/t13-,17+,18+,19-,21-,23+,24-,25-/m1/s1. The number of aliphatic hydroxyl groups excluding tert-OH is 1. The van der Waals surface area contributed by atoms with Crippen molar-refractivity contribution < 1.29 is 34.1 Å². The lowest BCUT2D eigenvalue weighted by Gasteiger charge is -2.54. The molecule has 0 unspecified atom stereocenters. The number of hydrogen-bond donors (Lipinski definition) is 2. The number of esters is 2. The summed E-state index contributed by atoms with van der Waals surface area (Å²) >= 11 is 0. The van der Waals surface area contributed by atoms with Crippen molar-refractivity contribution in [1.82, 2.24) is 0 Å². The average molecular weight is 447 g/mol. The Morgan fingerprint density at radius 2 is 1.78 bits per heavy atom. The first-order chi connectivity index (χ1) is 14.7. The van der Waals surface area contributed by atoms with E-state index < -0.39 is 46.0 Å². The van der Waals surface area contributed by atoms with Gasteiger partial charge in [-0.25, -0.2) is 0 Å². The van der Waals surface area contributed by atoms with E-state index in [4.69, 9.17) is 9.47 Å². The second-order valence-electron chi connectivity index (χ2n) is 11.1. The number of Topliss-reactive ketones (excluding diaryl/α,β-unsaturated/α-hetero) is 1. The first kappa shape index (κ1) is 23.2. The molecule has 176 valence electrons. The molecule has 0 aromatic rings. The van der Waals surface area contributed by atoms with Crippen molar-refractivity contribution in [2.45, 2.75) is 72.2 Å². The van der Waals surface area contributed by atoms with Crippen LogP contribution in [-0.4, -0.2) is 51.8 Å². The van der Waals surface area contributed by atoms with Gasteiger partial charge in [0, 0.05) is 37.5 Å². The summed E-state index contributed by atoms with van der Waals surface area (Å²) in [6.45, 7) is 12.2. The number of allylic oxidation sites excluding steroid dienone is 1. The summed E-state index contributed by atoms with van der Waals surface area (Å²) in [5.74, 6) is -2.57. The van der Waals surface area contributed by atoms with Crippen LogP contribution in [0.5, 0.6) is 0 Å². The van der Waals surface area contributed by atoms with Crippen molar-refractivity contribution in [2.24, 2.45) is 34.5 Å². The molecule has 0 amide bonds. The summed E-state index contributed by atoms with van der Waals surface area (Å²) in [7, 11) is 0. The predicted octanol–water partition coefficient (Wildman–Crippen LogP) is 2.35. The number of ketones is 1. The van der Waals surface area contributed by atoms with Gasteiger partial charge in [-0.3, -0.25) is 14.4 Å². The fourth-order valence-electron chi connectivity index (χ4n) is 7.49. The van der Waals surface area contributed by atoms with Crippen molar-refractivity contribution in [2.75, 3.05) is 6.61 Å². The van der Waals surface area contributed by atoms with Crippen LogP contribution in [0.4, 0.5) is 0 Å². The highest BCUT2D eigenvalue weighted by atomic mass is 16.6. The number of aliphatic hydroxyl groups is 2. The van der Waals surface area contributed by atoms with E-state index in [9.17, 15) is 24.6 Å². The first-order valence-electron chi connectivity index (χ1n) is 11.3. The molecule has 2 fully saturated rings. The number of ether oxygens (including phenoxy) is 2. The van der Waals surface area contributed by atoms with Gasteiger partial charge in [-0.1, -0.05) is 39.8 Å². The Bertz CT molecular complexity index is 961. The average Bonchev–Trinajstić information content (AvgIpc) is 3.11. The van der Waals surface area contributed by atoms with Crippen LogP contribution in [0.25, 0.3) is 0 Å². The van der Waals surface area contributed by atoms with Gasteiger partial charge in [0.15, 0.2) is 5.78 Å². The van der Waals surface area contributed by atoms with Crippen molar-refractivity contribution in [3.8, 4) is 0 Å². The van der Waals surface area contributed by atoms with E-state index in [1.807, 2.05) is 39.8 Å². The molecule has 4 rings (SSSR count). The topological polar surface area (TPSA) is 110 Å². The molecule has 0 bridgehead atoms. The minimum atomic E-state index is -1.67. The van der Waals surface area contributed by atoms with Crippen LogP contribution in [0.15, 0.2) is 23.3 Å². The van der Waals surface area contributed by atoms with Gasteiger partial charge >= 0.3 is 11.9 Å². The molecule has 4 aliphatic rings. The summed E-state index contributed by atoms with van der Waals surface area (Å²) in [5, 5.41) is 23.3. The zero-order valence-corrected chi connectivity index (χ0v) is 19.9. The smallest absolute Gasteiger partial charge is 0.303 e. The second kappa shape index (κ2) is 6.76. The van der Waals surface area contributed by atoms with E-state index in [0.717, 1.165) is 0 Å². The van der Waals surface area contributed by atoms with E-state index >= 15 is 0 Å². The summed E-state index contributed by atoms with van der Waals surface area (Å²) in [5.41, 5.74) is -2.76. The van der Waals surface area contributed by atoms with Gasteiger partial charge < -0.3 is 19.7 Å². The van der Waals surface area contributed by atoms with Crippen LogP contribution < -0.4 is 0 Å². The molecule has 7 heteroatoms. The molecule has 0 heterocycles. The molecule has 0 aromatic heterocycles. The zero-order valence-electron chi connectivity index (χ0n) is 19.9. The Kier molecular flexibility index (Phi) is 4.90. The molecule has 0 aromatic carbocycles. The fraction of sp³-hybridized carbons (Fsp3) is 0.720. The lowest BCUT2D eigenvalue weighted by molar-refractivity contribution is -0.189. The lowest BCUT2D eigenvalue weighted by atomic mass is 9.52. The van der Waals surface area contributed by atoms with Gasteiger partial charge in [-0.15, -0.1) is 0 Å². The maximum atomic E-state index is 13.1. The van der Waals surface area contributed by atoms with Crippen LogP contribution in [0, 0.1) is 34.5 Å². The summed E-state index contributed by atoms with van der Waals surface area (Å²) in [4.78, 5) is 36.7. The normalized spacial score (nSPS) is 46.0. The molecule has 8 atom stereocenters. The van der Waals surface area contributed by atoms with Gasteiger partial charge in [-0.05, 0) is 35.3 Å². The zero-order chi connectivity index (χ0) is 24.0. The Balaban J connectivity index is 1.91.